The van der Waals surface area contributed by atoms with E-state index >= 15 is 0 Å². The van der Waals surface area contributed by atoms with Crippen molar-refractivity contribution in [2.24, 2.45) is 0 Å². The Morgan fingerprint density at radius 3 is 2.27 bits per heavy atom. The van der Waals surface area contributed by atoms with Crippen LogP contribution in [0.25, 0.3) is 6.08 Å². The Bertz CT molecular complexity index is 957. The van der Waals surface area contributed by atoms with Crippen LogP contribution in [0.1, 0.15) is 59.1 Å². The van der Waals surface area contributed by atoms with Crippen molar-refractivity contribution in [2.75, 3.05) is 116 Å². The summed E-state index contributed by atoms with van der Waals surface area (Å²) in [5.41, 5.74) is 8.69. The second kappa shape index (κ2) is 25.6. The van der Waals surface area contributed by atoms with E-state index in [-0.39, 0.29) is 5.95 Å². The minimum Gasteiger partial charge on any atom is -0.501 e. The average Bonchev–Trinajstić information content (AvgIpc) is 3.04. The molecule has 0 saturated heterocycles. The number of hydrogen-bond donors (Lipinski definition) is 4. The van der Waals surface area contributed by atoms with Crippen molar-refractivity contribution in [3.8, 4) is 0 Å². The smallest absolute Gasteiger partial charge is 0.222 e. The van der Waals surface area contributed by atoms with Crippen LogP contribution >= 0.6 is 0 Å². The van der Waals surface area contributed by atoms with Crippen molar-refractivity contribution in [3.63, 3.8) is 0 Å². The van der Waals surface area contributed by atoms with E-state index in [9.17, 15) is 0 Å². The second-order valence-corrected chi connectivity index (χ2v) is 10.5. The van der Waals surface area contributed by atoms with Gasteiger partial charge in [0.1, 0.15) is 5.69 Å². The molecule has 44 heavy (non-hydrogen) atoms. The molecule has 0 amide bonds. The van der Waals surface area contributed by atoms with Gasteiger partial charge >= 0.3 is 0 Å². The molecular formula is C33H62N8O3. The first-order chi connectivity index (χ1) is 21.5. The number of anilines is 3. The number of nitrogens with two attached hydrogens (primary N) is 1. The summed E-state index contributed by atoms with van der Waals surface area (Å²) in [5, 5.41) is 9.98. The van der Waals surface area contributed by atoms with Crippen LogP contribution in [0.5, 0.6) is 0 Å². The summed E-state index contributed by atoms with van der Waals surface area (Å²) >= 11 is 0. The molecule has 0 unspecified atom stereocenters. The van der Waals surface area contributed by atoms with Gasteiger partial charge in [-0.15, -0.1) is 0 Å². The second-order valence-electron chi connectivity index (χ2n) is 10.5. The van der Waals surface area contributed by atoms with Gasteiger partial charge in [0.25, 0.3) is 0 Å². The zero-order chi connectivity index (χ0) is 32.4. The highest BCUT2D eigenvalue weighted by atomic mass is 16.5. The maximum atomic E-state index is 5.96. The summed E-state index contributed by atoms with van der Waals surface area (Å²) in [6.07, 6.45) is 10.1. The van der Waals surface area contributed by atoms with Crippen LogP contribution < -0.4 is 21.7 Å². The van der Waals surface area contributed by atoms with Gasteiger partial charge in [-0.25, -0.2) is 4.98 Å². The lowest BCUT2D eigenvalue weighted by atomic mass is 10.1. The molecule has 0 atom stereocenters. The number of ether oxygens (including phenoxy) is 3. The van der Waals surface area contributed by atoms with Crippen LogP contribution in [0.2, 0.25) is 0 Å². The van der Waals surface area contributed by atoms with Crippen molar-refractivity contribution in [1.82, 2.24) is 25.1 Å². The third-order valence-electron chi connectivity index (χ3n) is 7.33. The standard InChI is InChI=1S/C33H62N8O3/c1-8-13-14-16-37-32-31(30(10-3)38-33(34)39-32)36-17-15-29(42-7)26-28(9-2)27-41(12-5)20-19-40(11-4)21-23-44-25-24-43-22-18-35-6/h9-10,26,35-36H,3,8,11-25,27H2,1-2,4-7H3,(H3,34,37,38,39)/b28-9+,29-26+. The monoisotopic (exact) mass is 618 g/mol. The highest BCUT2D eigenvalue weighted by Gasteiger charge is 2.13. The number of aromatic nitrogens is 2. The van der Waals surface area contributed by atoms with E-state index in [0.717, 1.165) is 89.7 Å². The van der Waals surface area contributed by atoms with Crippen molar-refractivity contribution >= 4 is 23.5 Å². The molecule has 0 aliphatic rings. The summed E-state index contributed by atoms with van der Waals surface area (Å²) in [7, 11) is 3.65. The quantitative estimate of drug-likeness (QED) is 0.0604. The molecule has 5 N–H and O–H groups in total. The minimum absolute atomic E-state index is 0.232. The molecule has 1 heterocycles. The molecule has 0 spiro atoms. The highest BCUT2D eigenvalue weighted by molar-refractivity contribution is 5.75. The van der Waals surface area contributed by atoms with E-state index in [1.54, 1.807) is 13.2 Å². The van der Waals surface area contributed by atoms with Gasteiger partial charge < -0.3 is 40.8 Å². The lowest BCUT2D eigenvalue weighted by molar-refractivity contribution is 0.0395. The Labute approximate surface area is 267 Å². The summed E-state index contributed by atoms with van der Waals surface area (Å²) in [5.74, 6) is 1.86. The number of allylic oxidation sites excluding steroid dienone is 1. The van der Waals surface area contributed by atoms with Crippen LogP contribution in [-0.2, 0) is 14.2 Å². The first-order valence-corrected chi connectivity index (χ1v) is 16.4. The van der Waals surface area contributed by atoms with Crippen molar-refractivity contribution in [2.45, 2.75) is 53.4 Å². The van der Waals surface area contributed by atoms with E-state index < -0.39 is 0 Å². The predicted molar refractivity (Wildman–Crippen MR) is 186 cm³/mol. The minimum atomic E-state index is 0.232. The Morgan fingerprint density at radius 1 is 0.909 bits per heavy atom. The molecule has 0 fully saturated rings. The van der Waals surface area contributed by atoms with E-state index in [2.05, 4.69) is 82.1 Å². The number of nitrogen functional groups attached to an aromatic ring is 1. The van der Waals surface area contributed by atoms with E-state index in [1.807, 2.05) is 7.05 Å². The number of likely N-dealkylation sites (N-methyl/N-ethyl adjacent to an activating group) is 3. The number of nitrogens with one attached hydrogen (secondary N) is 3. The molecule has 0 radical (unpaired) electrons. The van der Waals surface area contributed by atoms with Gasteiger partial charge in [-0.2, -0.15) is 4.98 Å². The zero-order valence-corrected chi connectivity index (χ0v) is 28.6. The Balaban J connectivity index is 2.64. The molecule has 0 aliphatic heterocycles. The van der Waals surface area contributed by atoms with Gasteiger partial charge in [0.05, 0.1) is 45.0 Å². The van der Waals surface area contributed by atoms with Crippen LogP contribution in [0.3, 0.4) is 0 Å². The Morgan fingerprint density at radius 2 is 1.64 bits per heavy atom. The van der Waals surface area contributed by atoms with Gasteiger partial charge in [-0.1, -0.05) is 46.3 Å². The lowest BCUT2D eigenvalue weighted by Gasteiger charge is -2.26. The fourth-order valence-electron chi connectivity index (χ4n) is 4.51. The van der Waals surface area contributed by atoms with Crippen molar-refractivity contribution < 1.29 is 14.2 Å². The number of methoxy groups -OCH3 is 1. The van der Waals surface area contributed by atoms with E-state index in [4.69, 9.17) is 19.9 Å². The molecule has 0 aliphatic carbocycles. The average molecular weight is 619 g/mol. The van der Waals surface area contributed by atoms with Gasteiger partial charge in [0.15, 0.2) is 5.82 Å². The van der Waals surface area contributed by atoms with Crippen molar-refractivity contribution in [1.29, 1.82) is 0 Å². The number of hydrogen-bond acceptors (Lipinski definition) is 11. The fourth-order valence-corrected chi connectivity index (χ4v) is 4.51. The van der Waals surface area contributed by atoms with E-state index in [0.29, 0.717) is 44.3 Å². The van der Waals surface area contributed by atoms with Gasteiger partial charge in [0.2, 0.25) is 5.95 Å². The topological polar surface area (TPSA) is 122 Å². The van der Waals surface area contributed by atoms with Crippen LogP contribution in [0.15, 0.2) is 30.1 Å². The van der Waals surface area contributed by atoms with Gasteiger partial charge in [0, 0.05) is 52.2 Å². The van der Waals surface area contributed by atoms with Gasteiger partial charge in [-0.05, 0) is 51.2 Å². The third-order valence-corrected chi connectivity index (χ3v) is 7.33. The zero-order valence-electron chi connectivity index (χ0n) is 28.6. The molecule has 1 rings (SSSR count). The number of rotatable bonds is 28. The highest BCUT2D eigenvalue weighted by Crippen LogP contribution is 2.25. The fraction of sp³-hybridized carbons (Fsp3) is 0.697. The maximum absolute atomic E-state index is 5.96. The number of unbranched alkanes of at least 4 members (excludes halogenated alkanes) is 2. The summed E-state index contributed by atoms with van der Waals surface area (Å²) in [6.45, 7) is 23.4. The first kappa shape index (κ1) is 39.3. The third kappa shape index (κ3) is 17.0. The Kier molecular flexibility index (Phi) is 22.9. The van der Waals surface area contributed by atoms with Crippen LogP contribution in [0.4, 0.5) is 17.5 Å². The van der Waals surface area contributed by atoms with Gasteiger partial charge in [-0.3, -0.25) is 4.90 Å². The largest absolute Gasteiger partial charge is 0.501 e. The molecule has 0 aromatic carbocycles. The maximum Gasteiger partial charge on any atom is 0.222 e. The first-order valence-electron chi connectivity index (χ1n) is 16.4. The SMILES string of the molecule is C=Cc1nc(N)nc(NCCCCC)c1NCC/C(=C\C(=C/C)CN(CC)CCN(CC)CCOCCOCCNC)OC. The summed E-state index contributed by atoms with van der Waals surface area (Å²) in [4.78, 5) is 13.7. The summed E-state index contributed by atoms with van der Waals surface area (Å²) in [6, 6.07) is 0. The summed E-state index contributed by atoms with van der Waals surface area (Å²) < 4.78 is 17.1. The molecular weight excluding hydrogens is 556 g/mol. The molecule has 11 nitrogen and oxygen atoms in total. The normalized spacial score (nSPS) is 12.3. The molecule has 1 aromatic heterocycles. The molecule has 252 valence electrons. The van der Waals surface area contributed by atoms with Crippen LogP contribution in [0, 0.1) is 0 Å². The van der Waals surface area contributed by atoms with Crippen molar-refractivity contribution in [3.05, 3.63) is 35.8 Å². The van der Waals surface area contributed by atoms with Crippen LogP contribution in [-0.4, -0.2) is 119 Å². The number of nitrogens with zero attached hydrogens (tertiary/aromatic N) is 4. The molecule has 0 saturated carbocycles. The van der Waals surface area contributed by atoms with E-state index in [1.165, 1.54) is 5.57 Å². The predicted octanol–water partition coefficient (Wildman–Crippen LogP) is 4.48. The molecule has 1 aromatic rings. The molecule has 0 bridgehead atoms. The Hall–Kier alpha value is -2.70. The lowest BCUT2D eigenvalue weighted by Crippen LogP contribution is -2.37. The molecule has 11 heteroatoms.